The van der Waals surface area contributed by atoms with Crippen LogP contribution >= 0.6 is 0 Å². The van der Waals surface area contributed by atoms with E-state index in [-0.39, 0.29) is 5.41 Å². The number of hydrogen-bond donors (Lipinski definition) is 0. The topological polar surface area (TPSA) is 29.3 Å². The molecule has 1 aliphatic carbocycles. The highest BCUT2D eigenvalue weighted by molar-refractivity contribution is 6.11. The van der Waals surface area contributed by atoms with Crippen molar-refractivity contribution in [3.05, 3.63) is 169 Å². The molecule has 0 N–H and O–H groups in total. The van der Waals surface area contributed by atoms with Crippen LogP contribution in [-0.4, -0.2) is 4.98 Å². The van der Waals surface area contributed by atoms with Crippen molar-refractivity contribution in [2.45, 2.75) is 19.3 Å². The molecule has 0 aliphatic heterocycles. The summed E-state index contributed by atoms with van der Waals surface area (Å²) < 4.78 is 6.46. The summed E-state index contributed by atoms with van der Waals surface area (Å²) in [7, 11) is 0. The second-order valence-corrected chi connectivity index (χ2v) is 12.8. The quantitative estimate of drug-likeness (QED) is 0.196. The molecule has 8 aromatic rings. The number of nitrogens with zero attached hydrogens (tertiary/aromatic N) is 2. The molecule has 0 saturated heterocycles. The van der Waals surface area contributed by atoms with Crippen molar-refractivity contribution >= 4 is 38.9 Å². The fourth-order valence-corrected chi connectivity index (χ4v) is 7.35. The second-order valence-electron chi connectivity index (χ2n) is 12.8. The molecule has 3 heteroatoms. The molecule has 0 saturated carbocycles. The Morgan fingerprint density at radius 3 is 1.98 bits per heavy atom. The Balaban J connectivity index is 1.15. The molecular formula is C44H32N2O. The Kier molecular flexibility index (Phi) is 6.16. The minimum Gasteiger partial charge on any atom is -0.435 e. The van der Waals surface area contributed by atoms with E-state index >= 15 is 0 Å². The second kappa shape index (κ2) is 10.6. The van der Waals surface area contributed by atoms with E-state index in [1.807, 2.05) is 30.3 Å². The van der Waals surface area contributed by atoms with E-state index in [4.69, 9.17) is 9.40 Å². The molecule has 7 aromatic carbocycles. The summed E-state index contributed by atoms with van der Waals surface area (Å²) in [5.74, 6) is 0.636. The van der Waals surface area contributed by atoms with Gasteiger partial charge in [0.1, 0.15) is 5.52 Å². The predicted molar refractivity (Wildman–Crippen MR) is 195 cm³/mol. The van der Waals surface area contributed by atoms with Gasteiger partial charge in [-0.1, -0.05) is 117 Å². The van der Waals surface area contributed by atoms with E-state index in [1.165, 1.54) is 22.3 Å². The molecule has 1 aromatic heterocycles. The molecule has 0 amide bonds. The molecule has 0 bridgehead atoms. The lowest BCUT2D eigenvalue weighted by Crippen LogP contribution is -2.16. The number of rotatable bonds is 5. The maximum atomic E-state index is 6.46. The molecule has 0 radical (unpaired) electrons. The van der Waals surface area contributed by atoms with Gasteiger partial charge in [0.15, 0.2) is 5.58 Å². The Hall–Kier alpha value is -5.93. The summed E-state index contributed by atoms with van der Waals surface area (Å²) in [6.07, 6.45) is 0. The van der Waals surface area contributed by atoms with E-state index in [0.29, 0.717) is 5.89 Å². The van der Waals surface area contributed by atoms with Gasteiger partial charge < -0.3 is 9.32 Å². The number of anilines is 3. The molecule has 0 atom stereocenters. The number of fused-ring (bicyclic) bond motifs is 6. The van der Waals surface area contributed by atoms with Gasteiger partial charge in [-0.3, -0.25) is 0 Å². The number of para-hydroxylation sites is 1. The lowest BCUT2D eigenvalue weighted by atomic mass is 9.82. The van der Waals surface area contributed by atoms with Gasteiger partial charge in [0.05, 0.1) is 0 Å². The normalized spacial score (nSPS) is 13.1. The van der Waals surface area contributed by atoms with Crippen molar-refractivity contribution < 1.29 is 4.42 Å². The largest absolute Gasteiger partial charge is 0.435 e. The fraction of sp³-hybridized carbons (Fsp3) is 0.0682. The van der Waals surface area contributed by atoms with Crippen LogP contribution in [0.2, 0.25) is 0 Å². The summed E-state index contributed by atoms with van der Waals surface area (Å²) in [6.45, 7) is 4.67. The maximum Gasteiger partial charge on any atom is 0.227 e. The molecular weight excluding hydrogens is 572 g/mol. The zero-order valence-electron chi connectivity index (χ0n) is 26.3. The number of hydrogen-bond acceptors (Lipinski definition) is 3. The first-order valence-electron chi connectivity index (χ1n) is 16.1. The average Bonchev–Trinajstić information content (AvgIpc) is 3.66. The smallest absolute Gasteiger partial charge is 0.227 e. The van der Waals surface area contributed by atoms with Crippen molar-refractivity contribution in [2.75, 3.05) is 4.90 Å². The van der Waals surface area contributed by atoms with Crippen LogP contribution in [0.3, 0.4) is 0 Å². The van der Waals surface area contributed by atoms with Crippen molar-refractivity contribution in [3.63, 3.8) is 0 Å². The number of benzene rings is 7. The molecule has 224 valence electrons. The van der Waals surface area contributed by atoms with Crippen molar-refractivity contribution in [3.8, 4) is 33.7 Å². The highest BCUT2D eigenvalue weighted by Crippen LogP contribution is 2.50. The first kappa shape index (κ1) is 27.4. The van der Waals surface area contributed by atoms with Gasteiger partial charge in [-0.2, -0.15) is 0 Å². The zero-order valence-corrected chi connectivity index (χ0v) is 26.3. The molecule has 9 rings (SSSR count). The molecule has 0 spiro atoms. The lowest BCUT2D eigenvalue weighted by molar-refractivity contribution is 0.623. The zero-order chi connectivity index (χ0) is 31.5. The Labute approximate surface area is 274 Å². The van der Waals surface area contributed by atoms with E-state index < -0.39 is 0 Å². The van der Waals surface area contributed by atoms with Crippen molar-refractivity contribution in [2.24, 2.45) is 0 Å². The van der Waals surface area contributed by atoms with Crippen molar-refractivity contribution in [1.82, 2.24) is 4.98 Å². The Bertz CT molecular complexity index is 2420. The SMILES string of the molecule is CC1(C)c2ccccc2-c2ccc(N(c3ccccc3)c3ccc(-c4cccc5ccc6nc(-c7ccccc7)oc6c45)cc3)cc21. The van der Waals surface area contributed by atoms with Crippen LogP contribution in [0.15, 0.2) is 162 Å². The summed E-state index contributed by atoms with van der Waals surface area (Å²) in [5.41, 5.74) is 13.6. The van der Waals surface area contributed by atoms with Crippen LogP contribution in [0.1, 0.15) is 25.0 Å². The summed E-state index contributed by atoms with van der Waals surface area (Å²) in [4.78, 5) is 7.20. The van der Waals surface area contributed by atoms with Crippen LogP contribution in [0.4, 0.5) is 17.1 Å². The van der Waals surface area contributed by atoms with E-state index in [1.54, 1.807) is 0 Å². The highest BCUT2D eigenvalue weighted by Gasteiger charge is 2.35. The third-order valence-corrected chi connectivity index (χ3v) is 9.69. The number of aromatic nitrogens is 1. The van der Waals surface area contributed by atoms with Crippen LogP contribution < -0.4 is 4.90 Å². The lowest BCUT2D eigenvalue weighted by Gasteiger charge is -2.28. The van der Waals surface area contributed by atoms with Gasteiger partial charge in [0.2, 0.25) is 5.89 Å². The van der Waals surface area contributed by atoms with E-state index in [2.05, 4.69) is 146 Å². The first-order chi connectivity index (χ1) is 23.1. The minimum atomic E-state index is -0.0745. The van der Waals surface area contributed by atoms with Crippen LogP contribution in [0, 0.1) is 0 Å². The summed E-state index contributed by atoms with van der Waals surface area (Å²) >= 11 is 0. The molecule has 47 heavy (non-hydrogen) atoms. The molecule has 1 heterocycles. The summed E-state index contributed by atoms with van der Waals surface area (Å²) in [5, 5.41) is 2.20. The van der Waals surface area contributed by atoms with Gasteiger partial charge in [-0.05, 0) is 93.4 Å². The first-order valence-corrected chi connectivity index (χ1v) is 16.1. The van der Waals surface area contributed by atoms with E-state index in [9.17, 15) is 0 Å². The van der Waals surface area contributed by atoms with Gasteiger partial charge in [-0.25, -0.2) is 4.98 Å². The third kappa shape index (κ3) is 4.39. The maximum absolute atomic E-state index is 6.46. The van der Waals surface area contributed by atoms with Crippen LogP contribution in [-0.2, 0) is 5.41 Å². The molecule has 3 nitrogen and oxygen atoms in total. The molecule has 0 unspecified atom stereocenters. The standard InChI is InChI=1S/C44H32N2O/c1-44(2)38-19-10-9-17-36(38)37-26-25-34(28-39(37)44)46(32-15-7-4-8-16-32)33-23-20-29(21-24-33)35-18-11-14-30-22-27-40-42(41(30)35)47-43(45-40)31-12-5-3-6-13-31/h3-28H,1-2H3. The van der Waals surface area contributed by atoms with Crippen molar-refractivity contribution in [1.29, 1.82) is 0 Å². The fourth-order valence-electron chi connectivity index (χ4n) is 7.35. The highest BCUT2D eigenvalue weighted by atomic mass is 16.3. The van der Waals surface area contributed by atoms with Gasteiger partial charge in [-0.15, -0.1) is 0 Å². The number of oxazole rings is 1. The van der Waals surface area contributed by atoms with Crippen LogP contribution in [0.25, 0.3) is 55.6 Å². The molecule has 1 aliphatic rings. The van der Waals surface area contributed by atoms with Gasteiger partial charge in [0.25, 0.3) is 0 Å². The Morgan fingerprint density at radius 1 is 0.511 bits per heavy atom. The average molecular weight is 605 g/mol. The van der Waals surface area contributed by atoms with E-state index in [0.717, 1.165) is 55.6 Å². The van der Waals surface area contributed by atoms with Gasteiger partial charge in [0, 0.05) is 33.4 Å². The molecule has 0 fully saturated rings. The summed E-state index contributed by atoms with van der Waals surface area (Å²) in [6, 6.07) is 56.0. The third-order valence-electron chi connectivity index (χ3n) is 9.69. The van der Waals surface area contributed by atoms with Gasteiger partial charge >= 0.3 is 0 Å². The Morgan fingerprint density at radius 2 is 1.17 bits per heavy atom. The minimum absolute atomic E-state index is 0.0745. The predicted octanol–water partition coefficient (Wildman–Crippen LogP) is 12.1. The van der Waals surface area contributed by atoms with Crippen LogP contribution in [0.5, 0.6) is 0 Å². The monoisotopic (exact) mass is 604 g/mol.